The molecule has 0 amide bonds. The number of hydrogen-bond acceptors (Lipinski definition) is 4. The van der Waals surface area contributed by atoms with Crippen LogP contribution < -0.4 is 10.0 Å². The van der Waals surface area contributed by atoms with E-state index in [0.717, 1.165) is 0 Å². The Morgan fingerprint density at radius 2 is 2.17 bits per heavy atom. The van der Waals surface area contributed by atoms with E-state index in [0.29, 0.717) is 28.0 Å². The lowest BCUT2D eigenvalue weighted by atomic mass is 10.1. The number of carboxylic acids is 1. The smallest absolute Gasteiger partial charge is 0.132 e. The molecule has 116 valence electrons. The quantitative estimate of drug-likeness (QED) is 0.674. The third-order valence-electron chi connectivity index (χ3n) is 3.95. The molecule has 1 aromatic carbocycles. The van der Waals surface area contributed by atoms with Gasteiger partial charge in [-0.25, -0.2) is 9.37 Å². The number of halogens is 2. The van der Waals surface area contributed by atoms with Gasteiger partial charge in [-0.15, -0.1) is 0 Å². The van der Waals surface area contributed by atoms with E-state index in [-0.39, 0.29) is 24.2 Å². The zero-order valence-electron chi connectivity index (χ0n) is 11.8. The second-order valence-electron chi connectivity index (χ2n) is 5.34. The van der Waals surface area contributed by atoms with E-state index in [1.165, 1.54) is 6.07 Å². The monoisotopic (exact) mass is 330 g/mol. The molecule has 7 heteroatoms. The fourth-order valence-corrected chi connectivity index (χ4v) is 3.15. The minimum Gasteiger partial charge on any atom is -0.548 e. The molecule has 0 saturated carbocycles. The molecule has 0 N–H and O–H groups in total. The minimum atomic E-state index is -1.20. The highest BCUT2D eigenvalue weighted by molar-refractivity contribution is 6.29. The van der Waals surface area contributed by atoms with E-state index in [2.05, 4.69) is 4.98 Å². The summed E-state index contributed by atoms with van der Waals surface area (Å²) in [7, 11) is 0. The highest BCUT2D eigenvalue weighted by atomic mass is 35.5. The summed E-state index contributed by atoms with van der Waals surface area (Å²) in [6.07, 6.45) is 0. The lowest BCUT2D eigenvalue weighted by Crippen LogP contribution is -2.40. The third-order valence-corrected chi connectivity index (χ3v) is 4.16. The molecule has 0 radical (unpaired) electrons. The molecule has 0 aliphatic carbocycles. The Kier molecular flexibility index (Phi) is 3.02. The summed E-state index contributed by atoms with van der Waals surface area (Å²) in [6.45, 7) is -0.0165. The first kappa shape index (κ1) is 14.0. The van der Waals surface area contributed by atoms with Gasteiger partial charge in [-0.05, 0) is 30.3 Å². The number of carbonyl (C=O) groups is 1. The standard InChI is InChI=1S/C16H11ClFN3O2/c17-14-5-4-12-16(19-14)13-6-9-10(18)2-1-3-11(9)21(13)8-20(12)7-15(22)23/h1-6H,7-8H2,(H,22,23)/p-1. The number of carbonyl (C=O) groups excluding carboxylic acids is 1. The summed E-state index contributed by atoms with van der Waals surface area (Å²) in [5.74, 6) is -1.53. The lowest BCUT2D eigenvalue weighted by molar-refractivity contribution is -0.303. The molecule has 5 nitrogen and oxygen atoms in total. The van der Waals surface area contributed by atoms with E-state index < -0.39 is 5.97 Å². The first-order valence-electron chi connectivity index (χ1n) is 6.94. The third kappa shape index (κ3) is 2.14. The predicted molar refractivity (Wildman–Crippen MR) is 82.5 cm³/mol. The van der Waals surface area contributed by atoms with Crippen LogP contribution in [-0.4, -0.2) is 22.1 Å². The highest BCUT2D eigenvalue weighted by Gasteiger charge is 2.26. The number of aliphatic carboxylic acids is 1. The van der Waals surface area contributed by atoms with E-state index in [1.807, 2.05) is 4.57 Å². The number of pyridine rings is 1. The summed E-state index contributed by atoms with van der Waals surface area (Å²) >= 11 is 5.98. The van der Waals surface area contributed by atoms with Crippen LogP contribution >= 0.6 is 11.6 Å². The zero-order chi connectivity index (χ0) is 16.1. The summed E-state index contributed by atoms with van der Waals surface area (Å²) in [4.78, 5) is 17.0. The molecule has 0 saturated heterocycles. The first-order chi connectivity index (χ1) is 11.0. The minimum absolute atomic E-state index is 0.270. The molecule has 0 bridgehead atoms. The van der Waals surface area contributed by atoms with Gasteiger partial charge >= 0.3 is 0 Å². The molecular weight excluding hydrogens is 321 g/mol. The van der Waals surface area contributed by atoms with Gasteiger partial charge in [0.15, 0.2) is 0 Å². The van der Waals surface area contributed by atoms with Crippen LogP contribution in [0.1, 0.15) is 0 Å². The fourth-order valence-electron chi connectivity index (χ4n) is 3.01. The normalized spacial score (nSPS) is 13.0. The topological polar surface area (TPSA) is 61.2 Å². The van der Waals surface area contributed by atoms with Crippen LogP contribution in [0.2, 0.25) is 5.15 Å². The van der Waals surface area contributed by atoms with Crippen molar-refractivity contribution in [3.8, 4) is 11.4 Å². The van der Waals surface area contributed by atoms with Crippen LogP contribution in [0.5, 0.6) is 0 Å². The van der Waals surface area contributed by atoms with Gasteiger partial charge in [0.25, 0.3) is 0 Å². The molecule has 1 aliphatic rings. The lowest BCUT2D eigenvalue weighted by Gasteiger charge is -2.32. The van der Waals surface area contributed by atoms with Crippen molar-refractivity contribution in [2.45, 2.75) is 6.67 Å². The van der Waals surface area contributed by atoms with Gasteiger partial charge in [0, 0.05) is 5.39 Å². The molecular formula is C16H10ClFN3O2-. The van der Waals surface area contributed by atoms with Gasteiger partial charge in [-0.1, -0.05) is 17.7 Å². The van der Waals surface area contributed by atoms with Crippen molar-refractivity contribution in [2.24, 2.45) is 0 Å². The summed E-state index contributed by atoms with van der Waals surface area (Å²) in [6, 6.07) is 9.82. The Morgan fingerprint density at radius 1 is 1.35 bits per heavy atom. The highest BCUT2D eigenvalue weighted by Crippen LogP contribution is 2.39. The van der Waals surface area contributed by atoms with Crippen LogP contribution in [0.25, 0.3) is 22.3 Å². The van der Waals surface area contributed by atoms with Crippen molar-refractivity contribution < 1.29 is 14.3 Å². The van der Waals surface area contributed by atoms with Gasteiger partial charge in [-0.2, -0.15) is 0 Å². The van der Waals surface area contributed by atoms with Crippen molar-refractivity contribution in [1.82, 2.24) is 9.55 Å². The molecule has 2 aromatic heterocycles. The number of nitrogens with zero attached hydrogens (tertiary/aromatic N) is 3. The Labute approximate surface area is 135 Å². The van der Waals surface area contributed by atoms with Crippen molar-refractivity contribution >= 4 is 34.2 Å². The van der Waals surface area contributed by atoms with E-state index in [1.54, 1.807) is 35.2 Å². The van der Waals surface area contributed by atoms with Crippen LogP contribution in [0, 0.1) is 5.82 Å². The molecule has 3 heterocycles. The maximum Gasteiger partial charge on any atom is 0.132 e. The molecule has 23 heavy (non-hydrogen) atoms. The van der Waals surface area contributed by atoms with Gasteiger partial charge in [0.1, 0.15) is 16.7 Å². The zero-order valence-corrected chi connectivity index (χ0v) is 12.5. The van der Waals surface area contributed by atoms with E-state index >= 15 is 0 Å². The molecule has 0 fully saturated rings. The molecule has 0 atom stereocenters. The molecule has 0 unspecified atom stereocenters. The molecule has 3 aromatic rings. The van der Waals surface area contributed by atoms with Crippen molar-refractivity contribution in [3.63, 3.8) is 0 Å². The van der Waals surface area contributed by atoms with Crippen LogP contribution in [0.15, 0.2) is 36.4 Å². The summed E-state index contributed by atoms with van der Waals surface area (Å²) in [5, 5.41) is 11.8. The second-order valence-corrected chi connectivity index (χ2v) is 5.73. The number of rotatable bonds is 2. The average Bonchev–Trinajstić information content (AvgIpc) is 2.87. The van der Waals surface area contributed by atoms with Crippen molar-refractivity contribution in [1.29, 1.82) is 0 Å². The molecule has 1 aliphatic heterocycles. The van der Waals surface area contributed by atoms with Gasteiger partial charge < -0.3 is 19.4 Å². The van der Waals surface area contributed by atoms with Crippen LogP contribution in [0.4, 0.5) is 10.1 Å². The van der Waals surface area contributed by atoms with Gasteiger partial charge in [0.05, 0.1) is 36.1 Å². The summed E-state index contributed by atoms with van der Waals surface area (Å²) < 4.78 is 15.9. The number of carboxylic acid groups (broad SMARTS) is 1. The molecule has 0 spiro atoms. The second kappa shape index (κ2) is 4.96. The van der Waals surface area contributed by atoms with Gasteiger partial charge in [0.2, 0.25) is 0 Å². The van der Waals surface area contributed by atoms with Crippen molar-refractivity contribution in [2.75, 3.05) is 11.4 Å². The van der Waals surface area contributed by atoms with E-state index in [4.69, 9.17) is 11.6 Å². The Bertz CT molecular complexity index is 954. The van der Waals surface area contributed by atoms with E-state index in [9.17, 15) is 14.3 Å². The Hall–Kier alpha value is -2.60. The Morgan fingerprint density at radius 3 is 2.96 bits per heavy atom. The maximum atomic E-state index is 14.1. The number of aromatic nitrogens is 2. The number of benzene rings is 1. The SMILES string of the molecule is O=C([O-])CN1Cn2c(cc3c(F)cccc32)-c2nc(Cl)ccc21. The molecule has 4 rings (SSSR count). The fraction of sp³-hybridized carbons (Fsp3) is 0.125. The number of fused-ring (bicyclic) bond motifs is 5. The Balaban J connectivity index is 2.00. The summed E-state index contributed by atoms with van der Waals surface area (Å²) in [5.41, 5.74) is 2.54. The van der Waals surface area contributed by atoms with Crippen molar-refractivity contribution in [3.05, 3.63) is 47.4 Å². The number of hydrogen-bond donors (Lipinski definition) is 0. The first-order valence-corrected chi connectivity index (χ1v) is 7.32. The average molecular weight is 331 g/mol. The maximum absolute atomic E-state index is 14.1. The van der Waals surface area contributed by atoms with Crippen LogP contribution in [0.3, 0.4) is 0 Å². The van der Waals surface area contributed by atoms with Gasteiger partial charge in [-0.3, -0.25) is 0 Å². The van der Waals surface area contributed by atoms with Crippen LogP contribution in [-0.2, 0) is 11.5 Å². The predicted octanol–water partition coefficient (Wildman–Crippen LogP) is 2.02. The largest absolute Gasteiger partial charge is 0.548 e. The number of anilines is 1.